The third-order valence-electron chi connectivity index (χ3n) is 5.59. The number of hydrogen-bond donors (Lipinski definition) is 0. The number of ether oxygens (including phenoxy) is 2. The number of hydrogen-bond acceptors (Lipinski definition) is 5. The standard InChI is InChI=1S/C20H28N4O2/c1-23-18-7-10-24(13-16-8-11-25-12-9-16)19(20(18)21-22-23)15-26-14-17-5-3-2-4-6-17/h2-6,16,19H,7-15H2,1H3/t19-/m0/s1. The van der Waals surface area contributed by atoms with Crippen molar-refractivity contribution in [1.29, 1.82) is 0 Å². The fraction of sp³-hybridized carbons (Fsp3) is 0.600. The predicted molar refractivity (Wildman–Crippen MR) is 98.7 cm³/mol. The molecule has 4 rings (SSSR count). The first kappa shape index (κ1) is 17.6. The van der Waals surface area contributed by atoms with Crippen LogP contribution in [-0.2, 0) is 29.5 Å². The van der Waals surface area contributed by atoms with E-state index in [1.54, 1.807) is 0 Å². The van der Waals surface area contributed by atoms with E-state index < -0.39 is 0 Å². The molecule has 0 N–H and O–H groups in total. The third-order valence-corrected chi connectivity index (χ3v) is 5.59. The highest BCUT2D eigenvalue weighted by Crippen LogP contribution is 2.30. The SMILES string of the molecule is Cn1nnc2c1CCN(CC1CCOCC1)[C@H]2COCc1ccccc1. The summed E-state index contributed by atoms with van der Waals surface area (Å²) in [6.45, 7) is 5.22. The van der Waals surface area contributed by atoms with Crippen molar-refractivity contribution in [3.63, 3.8) is 0 Å². The van der Waals surface area contributed by atoms with E-state index in [0.29, 0.717) is 19.1 Å². The van der Waals surface area contributed by atoms with Gasteiger partial charge in [0.25, 0.3) is 0 Å². The minimum Gasteiger partial charge on any atom is -0.381 e. The van der Waals surface area contributed by atoms with Crippen molar-refractivity contribution in [2.45, 2.75) is 31.9 Å². The molecule has 1 aromatic heterocycles. The van der Waals surface area contributed by atoms with E-state index in [1.165, 1.54) is 11.3 Å². The van der Waals surface area contributed by atoms with Gasteiger partial charge in [0.2, 0.25) is 0 Å². The van der Waals surface area contributed by atoms with Crippen LogP contribution in [0.5, 0.6) is 0 Å². The Morgan fingerprint density at radius 1 is 1.19 bits per heavy atom. The first-order valence-electron chi connectivity index (χ1n) is 9.63. The second-order valence-electron chi connectivity index (χ2n) is 7.36. The van der Waals surface area contributed by atoms with Gasteiger partial charge in [0.05, 0.1) is 24.9 Å². The van der Waals surface area contributed by atoms with Crippen LogP contribution in [0.25, 0.3) is 0 Å². The molecule has 0 aliphatic carbocycles. The maximum atomic E-state index is 6.10. The van der Waals surface area contributed by atoms with Gasteiger partial charge in [-0.1, -0.05) is 35.5 Å². The molecule has 2 aromatic rings. The fourth-order valence-electron chi connectivity index (χ4n) is 4.05. The molecule has 0 radical (unpaired) electrons. The molecule has 2 aliphatic rings. The van der Waals surface area contributed by atoms with E-state index in [9.17, 15) is 0 Å². The molecule has 3 heterocycles. The van der Waals surface area contributed by atoms with Gasteiger partial charge in [-0.25, -0.2) is 0 Å². The van der Waals surface area contributed by atoms with Crippen molar-refractivity contribution in [1.82, 2.24) is 19.9 Å². The van der Waals surface area contributed by atoms with Crippen LogP contribution < -0.4 is 0 Å². The molecular formula is C20H28N4O2. The van der Waals surface area contributed by atoms with Gasteiger partial charge in [-0.3, -0.25) is 9.58 Å². The lowest BCUT2D eigenvalue weighted by Gasteiger charge is -2.37. The van der Waals surface area contributed by atoms with Crippen LogP contribution in [0.2, 0.25) is 0 Å². The Hall–Kier alpha value is -1.76. The Morgan fingerprint density at radius 3 is 2.81 bits per heavy atom. The number of aryl methyl sites for hydroxylation is 1. The molecule has 0 unspecified atom stereocenters. The van der Waals surface area contributed by atoms with Crippen LogP contribution >= 0.6 is 0 Å². The number of fused-ring (bicyclic) bond motifs is 1. The van der Waals surface area contributed by atoms with Crippen molar-refractivity contribution < 1.29 is 9.47 Å². The summed E-state index contributed by atoms with van der Waals surface area (Å²) in [7, 11) is 1.99. The normalized spacial score (nSPS) is 21.7. The summed E-state index contributed by atoms with van der Waals surface area (Å²) in [6.07, 6.45) is 3.32. The summed E-state index contributed by atoms with van der Waals surface area (Å²) >= 11 is 0. The van der Waals surface area contributed by atoms with Gasteiger partial charge < -0.3 is 9.47 Å². The lowest BCUT2D eigenvalue weighted by molar-refractivity contribution is 0.0136. The average Bonchev–Trinajstić information content (AvgIpc) is 3.06. The van der Waals surface area contributed by atoms with Gasteiger partial charge >= 0.3 is 0 Å². The van der Waals surface area contributed by atoms with Crippen molar-refractivity contribution in [3.8, 4) is 0 Å². The first-order valence-corrected chi connectivity index (χ1v) is 9.63. The zero-order valence-electron chi connectivity index (χ0n) is 15.5. The molecule has 2 aliphatic heterocycles. The molecule has 1 atom stereocenters. The number of aromatic nitrogens is 3. The van der Waals surface area contributed by atoms with E-state index in [-0.39, 0.29) is 6.04 Å². The van der Waals surface area contributed by atoms with Gasteiger partial charge in [0.15, 0.2) is 0 Å². The predicted octanol–water partition coefficient (Wildman–Crippen LogP) is 2.36. The van der Waals surface area contributed by atoms with Gasteiger partial charge in [0, 0.05) is 39.8 Å². The molecular weight excluding hydrogens is 328 g/mol. The molecule has 0 spiro atoms. The summed E-state index contributed by atoms with van der Waals surface area (Å²) < 4.78 is 13.5. The van der Waals surface area contributed by atoms with Crippen molar-refractivity contribution in [2.75, 3.05) is 32.9 Å². The van der Waals surface area contributed by atoms with E-state index in [2.05, 4.69) is 39.5 Å². The summed E-state index contributed by atoms with van der Waals surface area (Å²) in [4.78, 5) is 2.55. The second-order valence-corrected chi connectivity index (χ2v) is 7.36. The number of rotatable bonds is 6. The van der Waals surface area contributed by atoms with Crippen LogP contribution in [0, 0.1) is 5.92 Å². The maximum absolute atomic E-state index is 6.10. The maximum Gasteiger partial charge on any atom is 0.105 e. The highest BCUT2D eigenvalue weighted by atomic mass is 16.5. The van der Waals surface area contributed by atoms with Crippen molar-refractivity contribution in [3.05, 3.63) is 47.3 Å². The van der Waals surface area contributed by atoms with Crippen molar-refractivity contribution >= 4 is 0 Å². The van der Waals surface area contributed by atoms with Gasteiger partial charge in [0.1, 0.15) is 5.69 Å². The Labute approximate surface area is 155 Å². The van der Waals surface area contributed by atoms with E-state index in [1.807, 2.05) is 17.8 Å². The molecule has 0 bridgehead atoms. The summed E-state index contributed by atoms with van der Waals surface area (Å²) in [5, 5.41) is 8.73. The highest BCUT2D eigenvalue weighted by Gasteiger charge is 2.33. The molecule has 6 nitrogen and oxygen atoms in total. The minimum atomic E-state index is 0.194. The Kier molecular flexibility index (Phi) is 5.62. The second kappa shape index (κ2) is 8.29. The summed E-state index contributed by atoms with van der Waals surface area (Å²) in [6, 6.07) is 10.5. The average molecular weight is 356 g/mol. The molecule has 140 valence electrons. The summed E-state index contributed by atoms with van der Waals surface area (Å²) in [5.74, 6) is 0.707. The molecule has 6 heteroatoms. The number of benzene rings is 1. The van der Waals surface area contributed by atoms with E-state index >= 15 is 0 Å². The largest absolute Gasteiger partial charge is 0.381 e. The van der Waals surface area contributed by atoms with E-state index in [0.717, 1.165) is 51.3 Å². The molecule has 0 amide bonds. The van der Waals surface area contributed by atoms with Crippen LogP contribution in [0.1, 0.15) is 35.8 Å². The van der Waals surface area contributed by atoms with Crippen LogP contribution in [-0.4, -0.2) is 52.8 Å². The quantitative estimate of drug-likeness (QED) is 0.795. The Bertz CT molecular complexity index is 697. The Morgan fingerprint density at radius 2 is 2.00 bits per heavy atom. The van der Waals surface area contributed by atoms with Crippen LogP contribution in [0.3, 0.4) is 0 Å². The molecule has 1 fully saturated rings. The Balaban J connectivity index is 1.44. The topological polar surface area (TPSA) is 52.4 Å². The highest BCUT2D eigenvalue weighted by molar-refractivity contribution is 5.19. The first-order chi connectivity index (χ1) is 12.8. The summed E-state index contributed by atoms with van der Waals surface area (Å²) in [5.41, 5.74) is 3.55. The van der Waals surface area contributed by atoms with Gasteiger partial charge in [-0.05, 0) is 24.3 Å². The van der Waals surface area contributed by atoms with Crippen molar-refractivity contribution in [2.24, 2.45) is 13.0 Å². The minimum absolute atomic E-state index is 0.194. The zero-order valence-corrected chi connectivity index (χ0v) is 15.5. The molecule has 0 saturated carbocycles. The van der Waals surface area contributed by atoms with Crippen LogP contribution in [0.15, 0.2) is 30.3 Å². The molecule has 1 saturated heterocycles. The smallest absolute Gasteiger partial charge is 0.105 e. The molecule has 26 heavy (non-hydrogen) atoms. The lowest BCUT2D eigenvalue weighted by Crippen LogP contribution is -2.42. The van der Waals surface area contributed by atoms with Gasteiger partial charge in [-0.2, -0.15) is 0 Å². The van der Waals surface area contributed by atoms with E-state index in [4.69, 9.17) is 9.47 Å². The van der Waals surface area contributed by atoms with Gasteiger partial charge in [-0.15, -0.1) is 5.10 Å². The molecule has 1 aromatic carbocycles. The lowest BCUT2D eigenvalue weighted by atomic mass is 9.96. The zero-order chi connectivity index (χ0) is 17.8. The number of nitrogens with zero attached hydrogens (tertiary/aromatic N) is 4. The third kappa shape index (κ3) is 3.98. The van der Waals surface area contributed by atoms with Crippen LogP contribution in [0.4, 0.5) is 0 Å². The fourth-order valence-corrected chi connectivity index (χ4v) is 4.05. The monoisotopic (exact) mass is 356 g/mol.